The van der Waals surface area contributed by atoms with Crippen LogP contribution in [-0.4, -0.2) is 98.9 Å². The number of rotatable bonds is 44. The van der Waals surface area contributed by atoms with Gasteiger partial charge in [0.1, 0.15) is 42.7 Å². The Kier molecular flexibility index (Phi) is 38.5. The molecule has 13 heteroatoms. The van der Waals surface area contributed by atoms with E-state index in [1.807, 2.05) is 0 Å². The minimum absolute atomic E-state index is 0.0709. The molecular formula is C49H95O12P. The summed E-state index contributed by atoms with van der Waals surface area (Å²) >= 11 is 0. The van der Waals surface area contributed by atoms with Crippen molar-refractivity contribution < 1.29 is 58.3 Å². The second-order valence-corrected chi connectivity index (χ2v) is 19.4. The molecule has 1 aliphatic rings. The Morgan fingerprint density at radius 2 is 0.855 bits per heavy atom. The second-order valence-electron chi connectivity index (χ2n) is 18.0. The first-order valence-corrected chi connectivity index (χ1v) is 27.0. The lowest BCUT2D eigenvalue weighted by molar-refractivity contribution is -0.220. The lowest BCUT2D eigenvalue weighted by atomic mass is 9.85. The van der Waals surface area contributed by atoms with Crippen LogP contribution >= 0.6 is 7.82 Å². The molecule has 1 rings (SSSR count). The Bertz CT molecular complexity index is 1080. The number of ether oxygens (including phenoxy) is 2. The summed E-state index contributed by atoms with van der Waals surface area (Å²) in [6, 6.07) is 0. The molecule has 1 aliphatic carbocycles. The van der Waals surface area contributed by atoms with Gasteiger partial charge in [0.15, 0.2) is 0 Å². The van der Waals surface area contributed by atoms with Gasteiger partial charge in [-0.15, -0.1) is 0 Å². The van der Waals surface area contributed by atoms with Crippen molar-refractivity contribution in [2.24, 2.45) is 0 Å². The van der Waals surface area contributed by atoms with Gasteiger partial charge >= 0.3 is 13.8 Å². The highest BCUT2D eigenvalue weighted by Gasteiger charge is 2.51. The highest BCUT2D eigenvalue weighted by Crippen LogP contribution is 2.47. The molecule has 6 N–H and O–H groups in total. The highest BCUT2D eigenvalue weighted by molar-refractivity contribution is 7.47. The Labute approximate surface area is 377 Å². The van der Waals surface area contributed by atoms with E-state index in [0.29, 0.717) is 13.0 Å². The van der Waals surface area contributed by atoms with Crippen LogP contribution in [0.5, 0.6) is 0 Å². The van der Waals surface area contributed by atoms with Gasteiger partial charge in [-0.05, 0) is 38.5 Å². The molecule has 0 aromatic rings. The molecule has 62 heavy (non-hydrogen) atoms. The Morgan fingerprint density at radius 1 is 0.500 bits per heavy atom. The molecule has 0 bridgehead atoms. The van der Waals surface area contributed by atoms with Crippen LogP contribution in [0, 0.1) is 0 Å². The minimum Gasteiger partial charge on any atom is -0.457 e. The number of hydrogen-bond acceptors (Lipinski definition) is 11. The monoisotopic (exact) mass is 907 g/mol. The van der Waals surface area contributed by atoms with Crippen molar-refractivity contribution in [3.63, 3.8) is 0 Å². The Morgan fingerprint density at radius 3 is 1.27 bits per heavy atom. The summed E-state index contributed by atoms with van der Waals surface area (Å²) in [6.45, 7) is 4.29. The van der Waals surface area contributed by atoms with Gasteiger partial charge in [0, 0.05) is 13.0 Å². The molecule has 0 aromatic carbocycles. The van der Waals surface area contributed by atoms with E-state index in [1.54, 1.807) is 0 Å². The van der Waals surface area contributed by atoms with Gasteiger partial charge < -0.3 is 39.9 Å². The van der Waals surface area contributed by atoms with E-state index in [1.165, 1.54) is 167 Å². The zero-order valence-corrected chi connectivity index (χ0v) is 40.3. The summed E-state index contributed by atoms with van der Waals surface area (Å²) in [6.07, 6.45) is 32.9. The SMILES string of the molecule is CCCCCCCCCC/C=C\CCCCCCCCCCCCCC(=O)OC(COCCCCCCCCCCCCCC)COP(=O)(O)OC1C(O)C(O)C(O)C(O)C1O. The van der Waals surface area contributed by atoms with Gasteiger partial charge in [-0.2, -0.15) is 0 Å². The number of aliphatic hydroxyl groups is 5. The molecule has 368 valence electrons. The van der Waals surface area contributed by atoms with Gasteiger partial charge in [0.2, 0.25) is 0 Å². The first kappa shape index (κ1) is 59.1. The van der Waals surface area contributed by atoms with E-state index in [2.05, 4.69) is 26.0 Å². The van der Waals surface area contributed by atoms with Crippen molar-refractivity contribution in [3.05, 3.63) is 12.2 Å². The zero-order valence-electron chi connectivity index (χ0n) is 39.4. The number of hydrogen-bond donors (Lipinski definition) is 6. The van der Waals surface area contributed by atoms with Crippen molar-refractivity contribution >= 4 is 13.8 Å². The standard InChI is InChI=1S/C49H95O12P/c1-3-5-7-9-11-13-15-17-18-19-20-21-22-23-24-25-26-27-28-30-32-34-36-38-43(50)60-42(40-58-39-37-35-33-31-29-16-14-12-10-8-6-4-2)41-59-62(56,57)61-49-47(54)45(52)44(51)46(53)48(49)55/h19-20,42,44-49,51-55H,3-18,21-41H2,1-2H3,(H,56,57)/b20-19-. The van der Waals surface area contributed by atoms with E-state index >= 15 is 0 Å². The average Bonchev–Trinajstić information content (AvgIpc) is 3.26. The summed E-state index contributed by atoms with van der Waals surface area (Å²) in [5.41, 5.74) is 0. The molecule has 0 radical (unpaired) electrons. The number of carbonyl (C=O) groups is 1. The number of phosphoric ester groups is 1. The zero-order chi connectivity index (χ0) is 45.5. The van der Waals surface area contributed by atoms with Gasteiger partial charge in [-0.3, -0.25) is 13.8 Å². The third kappa shape index (κ3) is 31.9. The van der Waals surface area contributed by atoms with E-state index in [4.69, 9.17) is 18.5 Å². The summed E-state index contributed by atoms with van der Waals surface area (Å²) < 4.78 is 34.2. The fraction of sp³-hybridized carbons (Fsp3) is 0.939. The van der Waals surface area contributed by atoms with Gasteiger partial charge in [0.25, 0.3) is 0 Å². The van der Waals surface area contributed by atoms with Crippen LogP contribution in [0.2, 0.25) is 0 Å². The van der Waals surface area contributed by atoms with Gasteiger partial charge in [0.05, 0.1) is 13.2 Å². The van der Waals surface area contributed by atoms with Crippen molar-refractivity contribution in [3.8, 4) is 0 Å². The normalized spacial score (nSPS) is 22.0. The first-order chi connectivity index (χ1) is 30.0. The third-order valence-corrected chi connectivity index (χ3v) is 13.1. The molecule has 0 amide bonds. The smallest absolute Gasteiger partial charge is 0.457 e. The lowest BCUT2D eigenvalue weighted by Crippen LogP contribution is -2.64. The summed E-state index contributed by atoms with van der Waals surface area (Å²) in [5.74, 6) is -0.474. The number of esters is 1. The Balaban J connectivity index is 2.29. The van der Waals surface area contributed by atoms with Crippen LogP contribution < -0.4 is 0 Å². The quantitative estimate of drug-likeness (QED) is 0.0147. The van der Waals surface area contributed by atoms with Crippen molar-refractivity contribution in [2.45, 2.75) is 275 Å². The van der Waals surface area contributed by atoms with Crippen LogP contribution in [0.15, 0.2) is 12.2 Å². The molecule has 0 aromatic heterocycles. The second kappa shape index (κ2) is 40.4. The van der Waals surface area contributed by atoms with E-state index in [0.717, 1.165) is 38.5 Å². The fourth-order valence-electron chi connectivity index (χ4n) is 8.06. The highest BCUT2D eigenvalue weighted by atomic mass is 31.2. The first-order valence-electron chi connectivity index (χ1n) is 25.5. The average molecular weight is 907 g/mol. The minimum atomic E-state index is -5.01. The van der Waals surface area contributed by atoms with E-state index < -0.39 is 63.1 Å². The summed E-state index contributed by atoms with van der Waals surface area (Å²) in [5, 5.41) is 50.2. The van der Waals surface area contributed by atoms with Crippen molar-refractivity contribution in [2.75, 3.05) is 19.8 Å². The molecule has 0 aliphatic heterocycles. The Hall–Kier alpha value is -0.920. The van der Waals surface area contributed by atoms with Crippen molar-refractivity contribution in [1.29, 1.82) is 0 Å². The van der Waals surface area contributed by atoms with Crippen LogP contribution in [0.4, 0.5) is 0 Å². The molecule has 1 fully saturated rings. The number of carbonyl (C=O) groups excluding carboxylic acids is 1. The predicted octanol–water partition coefficient (Wildman–Crippen LogP) is 11.1. The predicted molar refractivity (Wildman–Crippen MR) is 249 cm³/mol. The molecule has 6 unspecified atom stereocenters. The lowest BCUT2D eigenvalue weighted by Gasteiger charge is -2.41. The maximum atomic E-state index is 12.8. The van der Waals surface area contributed by atoms with Crippen LogP contribution in [-0.2, 0) is 27.9 Å². The van der Waals surface area contributed by atoms with E-state index in [9.17, 15) is 39.8 Å². The molecule has 0 heterocycles. The molecule has 0 saturated heterocycles. The largest absolute Gasteiger partial charge is 0.472 e. The number of allylic oxidation sites excluding steroid dienone is 2. The number of aliphatic hydroxyl groups excluding tert-OH is 5. The van der Waals surface area contributed by atoms with Gasteiger partial charge in [-0.1, -0.05) is 199 Å². The summed E-state index contributed by atoms with van der Waals surface area (Å²) in [7, 11) is -5.01. The summed E-state index contributed by atoms with van der Waals surface area (Å²) in [4.78, 5) is 23.2. The molecule has 1 saturated carbocycles. The third-order valence-electron chi connectivity index (χ3n) is 12.1. The molecular weight excluding hydrogens is 812 g/mol. The maximum Gasteiger partial charge on any atom is 0.472 e. The van der Waals surface area contributed by atoms with E-state index in [-0.39, 0.29) is 13.0 Å². The molecule has 6 atom stereocenters. The molecule has 0 spiro atoms. The number of phosphoric acid groups is 1. The fourth-order valence-corrected chi connectivity index (χ4v) is 9.03. The van der Waals surface area contributed by atoms with Gasteiger partial charge in [-0.25, -0.2) is 4.57 Å². The van der Waals surface area contributed by atoms with Crippen LogP contribution in [0.25, 0.3) is 0 Å². The van der Waals surface area contributed by atoms with Crippen LogP contribution in [0.1, 0.15) is 232 Å². The molecule has 12 nitrogen and oxygen atoms in total. The number of unbranched alkanes of at least 4 members (excludes halogenated alkanes) is 30. The topological polar surface area (TPSA) is 192 Å². The maximum absolute atomic E-state index is 12.8. The van der Waals surface area contributed by atoms with Crippen LogP contribution in [0.3, 0.4) is 0 Å². The van der Waals surface area contributed by atoms with Crippen molar-refractivity contribution in [1.82, 2.24) is 0 Å².